The van der Waals surface area contributed by atoms with E-state index in [-0.39, 0.29) is 6.04 Å². The molecule has 4 rings (SSSR count). The van der Waals surface area contributed by atoms with Crippen LogP contribution in [0.2, 0.25) is 0 Å². The van der Waals surface area contributed by atoms with E-state index >= 15 is 0 Å². The normalized spacial score (nSPS) is 15.9. The Hall–Kier alpha value is -2.77. The van der Waals surface area contributed by atoms with E-state index in [9.17, 15) is 0 Å². The van der Waals surface area contributed by atoms with Crippen molar-refractivity contribution in [3.05, 3.63) is 70.5 Å². The van der Waals surface area contributed by atoms with Gasteiger partial charge in [-0.2, -0.15) is 0 Å². The summed E-state index contributed by atoms with van der Waals surface area (Å²) in [5.74, 6) is 0.913. The molecule has 1 N–H and O–H groups in total. The molecule has 164 valence electrons. The van der Waals surface area contributed by atoms with E-state index in [4.69, 9.17) is 4.74 Å². The fourth-order valence-electron chi connectivity index (χ4n) is 4.48. The van der Waals surface area contributed by atoms with Gasteiger partial charge in [-0.3, -0.25) is 0 Å². The van der Waals surface area contributed by atoms with E-state index in [1.54, 1.807) is 7.11 Å². The van der Waals surface area contributed by atoms with Gasteiger partial charge in [0.1, 0.15) is 0 Å². The molecule has 0 radical (unpaired) electrons. The molecule has 0 saturated carbocycles. The molecule has 1 saturated heterocycles. The second-order valence-electron chi connectivity index (χ2n) is 8.46. The van der Waals surface area contributed by atoms with Crippen molar-refractivity contribution in [2.75, 3.05) is 44.8 Å². The maximum Gasteiger partial charge on any atom is 0.214 e. The molecular formula is C24H33N6O+. The average molecular weight is 422 g/mol. The third-order valence-electron chi connectivity index (χ3n) is 6.47. The Balaban J connectivity index is 1.59. The Morgan fingerprint density at radius 1 is 1.03 bits per heavy atom. The predicted octanol–water partition coefficient (Wildman–Crippen LogP) is 1.74. The zero-order valence-electron chi connectivity index (χ0n) is 19.0. The van der Waals surface area contributed by atoms with Crippen LogP contribution >= 0.6 is 0 Å². The monoisotopic (exact) mass is 421 g/mol. The van der Waals surface area contributed by atoms with Gasteiger partial charge in [0.15, 0.2) is 6.04 Å². The molecule has 31 heavy (non-hydrogen) atoms. The van der Waals surface area contributed by atoms with E-state index in [1.165, 1.54) is 32.8 Å². The van der Waals surface area contributed by atoms with Crippen LogP contribution in [0.25, 0.3) is 0 Å². The molecule has 0 spiro atoms. The van der Waals surface area contributed by atoms with Crippen molar-refractivity contribution in [2.24, 2.45) is 0 Å². The molecule has 0 bridgehead atoms. The number of tetrazole rings is 1. The first-order valence-electron chi connectivity index (χ1n) is 11.1. The van der Waals surface area contributed by atoms with Crippen LogP contribution < -0.4 is 9.80 Å². The highest BCUT2D eigenvalue weighted by Crippen LogP contribution is 2.23. The van der Waals surface area contributed by atoms with Gasteiger partial charge in [-0.25, -0.2) is 4.68 Å². The third kappa shape index (κ3) is 4.62. The molecule has 1 fully saturated rings. The van der Waals surface area contributed by atoms with Gasteiger partial charge in [-0.15, -0.1) is 5.10 Å². The molecule has 3 aromatic rings. The van der Waals surface area contributed by atoms with Gasteiger partial charge in [-0.1, -0.05) is 42.0 Å². The van der Waals surface area contributed by atoms with Crippen LogP contribution in [0.4, 0.5) is 5.69 Å². The van der Waals surface area contributed by atoms with Crippen LogP contribution in [0.15, 0.2) is 42.5 Å². The number of methoxy groups -OCH3 is 1. The van der Waals surface area contributed by atoms with E-state index in [0.717, 1.165) is 32.0 Å². The second-order valence-corrected chi connectivity index (χ2v) is 8.46. The largest absolute Gasteiger partial charge is 0.383 e. The summed E-state index contributed by atoms with van der Waals surface area (Å²) in [6.07, 6.45) is 0. The number of hydrogen-bond acceptors (Lipinski definition) is 5. The zero-order valence-corrected chi connectivity index (χ0v) is 19.0. The minimum absolute atomic E-state index is 0.105. The number of ether oxygens (including phenoxy) is 1. The fourth-order valence-corrected chi connectivity index (χ4v) is 4.48. The summed E-state index contributed by atoms with van der Waals surface area (Å²) in [6, 6.07) is 15.5. The Morgan fingerprint density at radius 2 is 1.77 bits per heavy atom. The summed E-state index contributed by atoms with van der Waals surface area (Å²) in [4.78, 5) is 4.02. The van der Waals surface area contributed by atoms with Crippen molar-refractivity contribution in [1.29, 1.82) is 0 Å². The van der Waals surface area contributed by atoms with Gasteiger partial charge in [-0.05, 0) is 48.4 Å². The van der Waals surface area contributed by atoms with Crippen molar-refractivity contribution >= 4 is 5.69 Å². The van der Waals surface area contributed by atoms with Gasteiger partial charge in [0, 0.05) is 18.4 Å². The minimum atomic E-state index is 0.105. The fraction of sp³-hybridized carbons (Fsp3) is 0.458. The molecule has 2 heterocycles. The maximum atomic E-state index is 5.27. The highest BCUT2D eigenvalue weighted by molar-refractivity contribution is 5.56. The lowest BCUT2D eigenvalue weighted by atomic mass is 10.0. The SMILES string of the molecule is COCCn1nnnc1[C@H](c1ccc(C)cc1)[NH+]1CCN(c2cccc(C)c2C)CC1. The smallest absolute Gasteiger partial charge is 0.214 e. The summed E-state index contributed by atoms with van der Waals surface area (Å²) in [5.41, 5.74) is 6.60. The van der Waals surface area contributed by atoms with Crippen LogP contribution in [0, 0.1) is 20.8 Å². The minimum Gasteiger partial charge on any atom is -0.383 e. The standard InChI is InChI=1S/C24H32N6O/c1-18-8-10-21(11-9-18)23(24-25-26-27-30(24)16-17-31-4)29-14-12-28(13-15-29)22-7-5-6-19(2)20(22)3/h5-11,23H,12-17H2,1-4H3/p+1/t23-/m0/s1. The van der Waals surface area contributed by atoms with Gasteiger partial charge < -0.3 is 14.5 Å². The number of quaternary nitrogens is 1. The van der Waals surface area contributed by atoms with Crippen molar-refractivity contribution in [3.8, 4) is 0 Å². The molecule has 0 unspecified atom stereocenters. The summed E-state index contributed by atoms with van der Waals surface area (Å²) < 4.78 is 7.17. The third-order valence-corrected chi connectivity index (χ3v) is 6.47. The Morgan fingerprint density at radius 3 is 2.48 bits per heavy atom. The van der Waals surface area contributed by atoms with Crippen molar-refractivity contribution in [1.82, 2.24) is 20.2 Å². The zero-order chi connectivity index (χ0) is 21.8. The molecule has 1 aromatic heterocycles. The van der Waals surface area contributed by atoms with Crippen LogP contribution in [-0.2, 0) is 11.3 Å². The number of hydrogen-bond donors (Lipinski definition) is 1. The Bertz CT molecular complexity index is 992. The van der Waals surface area contributed by atoms with E-state index in [0.29, 0.717) is 13.2 Å². The van der Waals surface area contributed by atoms with Gasteiger partial charge in [0.05, 0.1) is 39.3 Å². The molecule has 1 aliphatic heterocycles. The lowest BCUT2D eigenvalue weighted by Gasteiger charge is -2.38. The number of aromatic nitrogens is 4. The number of benzene rings is 2. The summed E-state index contributed by atoms with van der Waals surface area (Å²) in [5, 5.41) is 12.7. The van der Waals surface area contributed by atoms with Crippen LogP contribution in [-0.4, -0.2) is 60.1 Å². The lowest BCUT2D eigenvalue weighted by Crippen LogP contribution is -3.15. The molecule has 1 atom stereocenters. The second kappa shape index (κ2) is 9.58. The maximum absolute atomic E-state index is 5.27. The Kier molecular flexibility index (Phi) is 6.63. The van der Waals surface area contributed by atoms with Crippen LogP contribution in [0.3, 0.4) is 0 Å². The number of anilines is 1. The molecule has 7 heteroatoms. The number of nitrogens with one attached hydrogen (secondary N) is 1. The number of piperazine rings is 1. The van der Waals surface area contributed by atoms with Gasteiger partial charge >= 0.3 is 0 Å². The molecule has 0 amide bonds. The first-order chi connectivity index (χ1) is 15.1. The van der Waals surface area contributed by atoms with E-state index in [1.807, 2.05) is 4.68 Å². The highest BCUT2D eigenvalue weighted by Gasteiger charge is 2.34. The molecular weight excluding hydrogens is 388 g/mol. The topological polar surface area (TPSA) is 60.5 Å². The quantitative estimate of drug-likeness (QED) is 0.630. The number of nitrogens with zero attached hydrogens (tertiary/aromatic N) is 5. The van der Waals surface area contributed by atoms with Gasteiger partial charge in [0.2, 0.25) is 5.82 Å². The molecule has 7 nitrogen and oxygen atoms in total. The average Bonchev–Trinajstić information content (AvgIpc) is 3.24. The number of aryl methyl sites for hydroxylation is 2. The Labute approximate surface area is 184 Å². The van der Waals surface area contributed by atoms with Crippen LogP contribution in [0.1, 0.15) is 34.1 Å². The summed E-state index contributed by atoms with van der Waals surface area (Å²) in [6.45, 7) is 11.9. The molecule has 2 aromatic carbocycles. The van der Waals surface area contributed by atoms with E-state index in [2.05, 4.69) is 83.7 Å². The van der Waals surface area contributed by atoms with Gasteiger partial charge in [0.25, 0.3) is 0 Å². The first-order valence-corrected chi connectivity index (χ1v) is 11.1. The van der Waals surface area contributed by atoms with Crippen molar-refractivity contribution in [3.63, 3.8) is 0 Å². The lowest BCUT2D eigenvalue weighted by molar-refractivity contribution is -0.927. The van der Waals surface area contributed by atoms with Crippen molar-refractivity contribution in [2.45, 2.75) is 33.4 Å². The summed E-state index contributed by atoms with van der Waals surface area (Å²) >= 11 is 0. The summed E-state index contributed by atoms with van der Waals surface area (Å²) in [7, 11) is 1.71. The molecule has 0 aliphatic carbocycles. The first kappa shape index (κ1) is 21.5. The number of rotatable bonds is 7. The van der Waals surface area contributed by atoms with E-state index < -0.39 is 0 Å². The predicted molar refractivity (Wildman–Crippen MR) is 122 cm³/mol. The van der Waals surface area contributed by atoms with Crippen LogP contribution in [0.5, 0.6) is 0 Å². The molecule has 1 aliphatic rings. The highest BCUT2D eigenvalue weighted by atomic mass is 16.5. The van der Waals surface area contributed by atoms with Crippen molar-refractivity contribution < 1.29 is 9.64 Å².